The van der Waals surface area contributed by atoms with E-state index in [9.17, 15) is 4.39 Å². The molecule has 0 amide bonds. The smallest absolute Gasteiger partial charge is 0.124 e. The summed E-state index contributed by atoms with van der Waals surface area (Å²) in [4.78, 5) is 0. The van der Waals surface area contributed by atoms with Crippen LogP contribution in [0.1, 0.15) is 38.7 Å². The maximum Gasteiger partial charge on any atom is 0.124 e. The van der Waals surface area contributed by atoms with Crippen molar-refractivity contribution in [3.63, 3.8) is 0 Å². The zero-order valence-electron chi connectivity index (χ0n) is 12.2. The maximum atomic E-state index is 13.1. The van der Waals surface area contributed by atoms with Crippen LogP contribution in [0.4, 0.5) is 4.39 Å². The highest BCUT2D eigenvalue weighted by Gasteiger charge is 2.29. The van der Waals surface area contributed by atoms with E-state index in [-0.39, 0.29) is 11.9 Å². The molecule has 1 aliphatic carbocycles. The molecule has 1 fully saturated rings. The van der Waals surface area contributed by atoms with Gasteiger partial charge < -0.3 is 0 Å². The van der Waals surface area contributed by atoms with E-state index in [1.54, 1.807) is 6.07 Å². The molecule has 0 spiro atoms. The highest BCUT2D eigenvalue weighted by atomic mass is 35.5. The van der Waals surface area contributed by atoms with Crippen molar-refractivity contribution in [2.75, 3.05) is 0 Å². The van der Waals surface area contributed by atoms with Crippen LogP contribution in [0.3, 0.4) is 0 Å². The number of nitrogens with one attached hydrogen (secondary N) is 1. The fraction of sp³-hybridized carbons (Fsp3) is 0.625. The lowest BCUT2D eigenvalue weighted by atomic mass is 9.73. The molecule has 1 aromatic carbocycles. The highest BCUT2D eigenvalue weighted by Crippen LogP contribution is 2.35. The standard InChI is InChI=1S/C16H24ClFN2/c1-10-5-11(2)7-13(6-10)16(20-19)8-12-3-4-14(18)9-15(12)17/h3-4,9-11,13,16,20H,5-8,19H2,1-2H3. The first-order valence-corrected chi connectivity index (χ1v) is 7.77. The minimum absolute atomic E-state index is 0.197. The third kappa shape index (κ3) is 3.94. The maximum absolute atomic E-state index is 13.1. The molecular formula is C16H24ClFN2. The van der Waals surface area contributed by atoms with Crippen molar-refractivity contribution in [3.8, 4) is 0 Å². The molecule has 112 valence electrons. The molecule has 4 heteroatoms. The summed E-state index contributed by atoms with van der Waals surface area (Å²) >= 11 is 6.12. The molecule has 0 radical (unpaired) electrons. The van der Waals surface area contributed by atoms with Crippen molar-refractivity contribution in [1.82, 2.24) is 5.43 Å². The number of rotatable bonds is 4. The number of hydrogen-bond acceptors (Lipinski definition) is 2. The zero-order valence-corrected chi connectivity index (χ0v) is 13.0. The summed E-state index contributed by atoms with van der Waals surface area (Å²) in [5.74, 6) is 7.49. The quantitative estimate of drug-likeness (QED) is 0.653. The first kappa shape index (κ1) is 15.7. The van der Waals surface area contributed by atoms with Crippen molar-refractivity contribution in [1.29, 1.82) is 0 Å². The molecule has 2 nitrogen and oxygen atoms in total. The van der Waals surface area contributed by atoms with Gasteiger partial charge in [-0.3, -0.25) is 11.3 Å². The van der Waals surface area contributed by atoms with Crippen molar-refractivity contribution in [2.45, 2.75) is 45.6 Å². The van der Waals surface area contributed by atoms with Crippen LogP contribution in [0.5, 0.6) is 0 Å². The van der Waals surface area contributed by atoms with E-state index >= 15 is 0 Å². The van der Waals surface area contributed by atoms with Crippen LogP contribution in [0, 0.1) is 23.6 Å². The molecule has 1 aromatic rings. The zero-order chi connectivity index (χ0) is 14.7. The average molecular weight is 299 g/mol. The Hall–Kier alpha value is -0.640. The fourth-order valence-corrected chi connectivity index (χ4v) is 3.87. The Morgan fingerprint density at radius 2 is 1.95 bits per heavy atom. The van der Waals surface area contributed by atoms with E-state index in [1.165, 1.54) is 31.4 Å². The molecule has 2 rings (SSSR count). The van der Waals surface area contributed by atoms with Crippen LogP contribution >= 0.6 is 11.6 Å². The van der Waals surface area contributed by atoms with Gasteiger partial charge in [-0.1, -0.05) is 31.5 Å². The van der Waals surface area contributed by atoms with Gasteiger partial charge in [0.25, 0.3) is 0 Å². The molecule has 0 bridgehead atoms. The molecule has 3 atom stereocenters. The van der Waals surface area contributed by atoms with Crippen LogP contribution in [-0.4, -0.2) is 6.04 Å². The lowest BCUT2D eigenvalue weighted by molar-refractivity contribution is 0.175. The van der Waals surface area contributed by atoms with Crippen LogP contribution < -0.4 is 11.3 Å². The molecule has 0 heterocycles. The van der Waals surface area contributed by atoms with Gasteiger partial charge in [0, 0.05) is 11.1 Å². The van der Waals surface area contributed by atoms with Gasteiger partial charge >= 0.3 is 0 Å². The Morgan fingerprint density at radius 3 is 2.50 bits per heavy atom. The predicted octanol–water partition coefficient (Wildman–Crippen LogP) is 3.93. The minimum atomic E-state index is -0.295. The van der Waals surface area contributed by atoms with E-state index in [1.807, 2.05) is 0 Å². The molecule has 3 N–H and O–H groups in total. The molecule has 1 aliphatic rings. The van der Waals surface area contributed by atoms with Crippen molar-refractivity contribution in [2.24, 2.45) is 23.6 Å². The summed E-state index contributed by atoms with van der Waals surface area (Å²) in [5, 5.41) is 0.488. The first-order valence-electron chi connectivity index (χ1n) is 7.39. The summed E-state index contributed by atoms with van der Waals surface area (Å²) in [7, 11) is 0. The SMILES string of the molecule is CC1CC(C)CC(C(Cc2ccc(F)cc2Cl)NN)C1. The van der Waals surface area contributed by atoms with Crippen molar-refractivity contribution < 1.29 is 4.39 Å². The molecule has 1 saturated carbocycles. The van der Waals surface area contributed by atoms with Gasteiger partial charge in [0.2, 0.25) is 0 Å². The Labute approximate surface area is 125 Å². The number of halogens is 2. The van der Waals surface area contributed by atoms with Gasteiger partial charge in [-0.25, -0.2) is 4.39 Å². The van der Waals surface area contributed by atoms with E-state index < -0.39 is 0 Å². The number of hydrogen-bond donors (Lipinski definition) is 2. The summed E-state index contributed by atoms with van der Waals surface area (Å²) in [5.41, 5.74) is 3.91. The summed E-state index contributed by atoms with van der Waals surface area (Å²) in [6, 6.07) is 4.79. The first-order chi connectivity index (χ1) is 9.49. The van der Waals surface area contributed by atoms with Crippen LogP contribution in [0.15, 0.2) is 18.2 Å². The Kier molecular flexibility index (Phi) is 5.42. The minimum Gasteiger partial charge on any atom is -0.271 e. The second kappa shape index (κ2) is 6.88. The Morgan fingerprint density at radius 1 is 1.30 bits per heavy atom. The van der Waals surface area contributed by atoms with Crippen LogP contribution in [0.2, 0.25) is 5.02 Å². The Balaban J connectivity index is 2.08. The molecule has 3 unspecified atom stereocenters. The van der Waals surface area contributed by atoms with Gasteiger partial charge in [-0.2, -0.15) is 0 Å². The molecular weight excluding hydrogens is 275 g/mol. The van der Waals surface area contributed by atoms with E-state index in [4.69, 9.17) is 17.4 Å². The topological polar surface area (TPSA) is 38.0 Å². The Bertz CT molecular complexity index is 442. The predicted molar refractivity (Wildman–Crippen MR) is 81.9 cm³/mol. The largest absolute Gasteiger partial charge is 0.271 e. The van der Waals surface area contributed by atoms with Gasteiger partial charge in [0.05, 0.1) is 0 Å². The van der Waals surface area contributed by atoms with E-state index in [0.717, 1.165) is 23.8 Å². The summed E-state index contributed by atoms with van der Waals surface area (Å²) < 4.78 is 13.1. The van der Waals surface area contributed by atoms with Crippen molar-refractivity contribution >= 4 is 11.6 Å². The second-order valence-corrected chi connectivity index (χ2v) is 6.80. The summed E-state index contributed by atoms with van der Waals surface area (Å²) in [6.07, 6.45) is 4.43. The van der Waals surface area contributed by atoms with Crippen molar-refractivity contribution in [3.05, 3.63) is 34.6 Å². The van der Waals surface area contributed by atoms with Gasteiger partial charge in [-0.15, -0.1) is 0 Å². The van der Waals surface area contributed by atoms with Gasteiger partial charge in [0.15, 0.2) is 0 Å². The fourth-order valence-electron chi connectivity index (χ4n) is 3.62. The summed E-state index contributed by atoms with van der Waals surface area (Å²) in [6.45, 7) is 4.61. The monoisotopic (exact) mass is 298 g/mol. The van der Waals surface area contributed by atoms with Crippen LogP contribution in [-0.2, 0) is 6.42 Å². The molecule has 0 saturated heterocycles. The number of nitrogens with two attached hydrogens (primary N) is 1. The normalized spacial score (nSPS) is 28.4. The van der Waals surface area contributed by atoms with E-state index in [2.05, 4.69) is 19.3 Å². The number of benzene rings is 1. The van der Waals surface area contributed by atoms with Gasteiger partial charge in [0.1, 0.15) is 5.82 Å². The van der Waals surface area contributed by atoms with Crippen LogP contribution in [0.25, 0.3) is 0 Å². The lowest BCUT2D eigenvalue weighted by Crippen LogP contribution is -2.44. The third-order valence-electron chi connectivity index (χ3n) is 4.45. The van der Waals surface area contributed by atoms with E-state index in [0.29, 0.717) is 10.9 Å². The van der Waals surface area contributed by atoms with Gasteiger partial charge in [-0.05, 0) is 61.1 Å². The molecule has 0 aliphatic heterocycles. The lowest BCUT2D eigenvalue weighted by Gasteiger charge is -2.36. The highest BCUT2D eigenvalue weighted by molar-refractivity contribution is 6.31. The molecule has 20 heavy (non-hydrogen) atoms. The number of hydrazine groups is 1. The average Bonchev–Trinajstić information content (AvgIpc) is 2.36. The molecule has 0 aromatic heterocycles. The second-order valence-electron chi connectivity index (χ2n) is 6.39. The third-order valence-corrected chi connectivity index (χ3v) is 4.80.